The highest BCUT2D eigenvalue weighted by molar-refractivity contribution is 6.30. The summed E-state index contributed by atoms with van der Waals surface area (Å²) in [4.78, 5) is 13.2. The lowest BCUT2D eigenvalue weighted by Crippen LogP contribution is -2.23. The molecule has 0 radical (unpaired) electrons. The van der Waals surface area contributed by atoms with Gasteiger partial charge in [-0.05, 0) is 48.4 Å². The van der Waals surface area contributed by atoms with E-state index >= 15 is 0 Å². The third-order valence-corrected chi connectivity index (χ3v) is 4.85. The van der Waals surface area contributed by atoms with E-state index in [0.29, 0.717) is 10.6 Å². The number of halogens is 1. The molecular weight excluding hydrogens is 354 g/mol. The van der Waals surface area contributed by atoms with Crippen molar-refractivity contribution in [3.05, 3.63) is 112 Å². The van der Waals surface area contributed by atoms with Gasteiger partial charge in [0.05, 0.1) is 5.69 Å². The van der Waals surface area contributed by atoms with Gasteiger partial charge in [-0.2, -0.15) is 0 Å². The number of rotatable bonds is 3. The fraction of sp³-hybridized carbons (Fsp3) is 0.0417. The van der Waals surface area contributed by atoms with Gasteiger partial charge in [-0.1, -0.05) is 72.3 Å². The second-order valence-electron chi connectivity index (χ2n) is 6.44. The van der Waals surface area contributed by atoms with Gasteiger partial charge >= 0.3 is 0 Å². The lowest BCUT2D eigenvalue weighted by atomic mass is 9.97. The molecule has 0 aliphatic carbocycles. The Balaban J connectivity index is 2.12. The number of aryl methyl sites for hydroxylation is 1. The van der Waals surface area contributed by atoms with Crippen LogP contribution in [0.4, 0.5) is 0 Å². The Kier molecular flexibility index (Phi) is 4.66. The van der Waals surface area contributed by atoms with Crippen molar-refractivity contribution in [3.8, 4) is 28.1 Å². The van der Waals surface area contributed by atoms with E-state index < -0.39 is 0 Å². The van der Waals surface area contributed by atoms with E-state index in [2.05, 4.69) is 12.1 Å². The Labute approximate surface area is 163 Å². The van der Waals surface area contributed by atoms with Crippen LogP contribution in [0.25, 0.3) is 28.1 Å². The molecule has 0 saturated carbocycles. The second kappa shape index (κ2) is 7.26. The van der Waals surface area contributed by atoms with Gasteiger partial charge in [-0.25, -0.2) is 0 Å². The highest BCUT2D eigenvalue weighted by Crippen LogP contribution is 2.33. The van der Waals surface area contributed by atoms with Crippen LogP contribution in [0.1, 0.15) is 5.56 Å². The Bertz CT molecular complexity index is 1130. The molecule has 3 heteroatoms. The van der Waals surface area contributed by atoms with Crippen molar-refractivity contribution in [1.29, 1.82) is 0 Å². The molecule has 0 spiro atoms. The molecule has 0 fully saturated rings. The molecule has 3 aromatic carbocycles. The van der Waals surface area contributed by atoms with Crippen molar-refractivity contribution in [2.45, 2.75) is 6.92 Å². The standard InChI is InChI=1S/C24H18ClNO/c1-17-16-22(18-8-4-2-5-9-18)23(19-10-6-3-7-11-19)26(24(17)27)21-14-12-20(25)13-15-21/h2-16H,1H3. The topological polar surface area (TPSA) is 22.0 Å². The third-order valence-electron chi connectivity index (χ3n) is 4.60. The summed E-state index contributed by atoms with van der Waals surface area (Å²) in [5.41, 5.74) is 5.42. The van der Waals surface area contributed by atoms with E-state index in [4.69, 9.17) is 11.6 Å². The first-order chi connectivity index (χ1) is 13.1. The van der Waals surface area contributed by atoms with Gasteiger partial charge in [0.15, 0.2) is 0 Å². The maximum Gasteiger partial charge on any atom is 0.258 e. The average Bonchev–Trinajstić information content (AvgIpc) is 2.72. The maximum atomic E-state index is 13.2. The summed E-state index contributed by atoms with van der Waals surface area (Å²) >= 11 is 6.07. The molecule has 4 aromatic rings. The first-order valence-corrected chi connectivity index (χ1v) is 9.16. The molecule has 1 aromatic heterocycles. The molecule has 0 N–H and O–H groups in total. The van der Waals surface area contributed by atoms with Crippen LogP contribution >= 0.6 is 11.6 Å². The summed E-state index contributed by atoms with van der Waals surface area (Å²) in [6.07, 6.45) is 0. The summed E-state index contributed by atoms with van der Waals surface area (Å²) in [5.74, 6) is 0. The first-order valence-electron chi connectivity index (χ1n) is 8.78. The zero-order valence-corrected chi connectivity index (χ0v) is 15.6. The van der Waals surface area contributed by atoms with Crippen LogP contribution < -0.4 is 5.56 Å². The molecule has 0 saturated heterocycles. The molecule has 0 amide bonds. The largest absolute Gasteiger partial charge is 0.276 e. The van der Waals surface area contributed by atoms with E-state index in [1.165, 1.54) is 0 Å². The minimum Gasteiger partial charge on any atom is -0.276 e. The summed E-state index contributed by atoms with van der Waals surface area (Å²) in [7, 11) is 0. The smallest absolute Gasteiger partial charge is 0.258 e. The number of hydrogen-bond donors (Lipinski definition) is 0. The average molecular weight is 372 g/mol. The highest BCUT2D eigenvalue weighted by Gasteiger charge is 2.17. The quantitative estimate of drug-likeness (QED) is 0.424. The maximum absolute atomic E-state index is 13.2. The van der Waals surface area contributed by atoms with Gasteiger partial charge in [-0.15, -0.1) is 0 Å². The predicted molar refractivity (Wildman–Crippen MR) is 113 cm³/mol. The third kappa shape index (κ3) is 3.32. The molecule has 1 heterocycles. The van der Waals surface area contributed by atoms with Crippen LogP contribution in [0.3, 0.4) is 0 Å². The number of hydrogen-bond acceptors (Lipinski definition) is 1. The van der Waals surface area contributed by atoms with Crippen LogP contribution in [0.5, 0.6) is 0 Å². The zero-order chi connectivity index (χ0) is 18.8. The van der Waals surface area contributed by atoms with E-state index in [1.54, 1.807) is 4.57 Å². The lowest BCUT2D eigenvalue weighted by molar-refractivity contribution is 0.982. The zero-order valence-electron chi connectivity index (χ0n) is 14.9. The van der Waals surface area contributed by atoms with E-state index in [9.17, 15) is 4.79 Å². The Hall–Kier alpha value is -3.10. The molecule has 0 bridgehead atoms. The van der Waals surface area contributed by atoms with Gasteiger partial charge in [0.2, 0.25) is 0 Å². The van der Waals surface area contributed by atoms with E-state index in [1.807, 2.05) is 85.8 Å². The fourth-order valence-electron chi connectivity index (χ4n) is 3.30. The van der Waals surface area contributed by atoms with Gasteiger partial charge in [0, 0.05) is 21.8 Å². The summed E-state index contributed by atoms with van der Waals surface area (Å²) in [5, 5.41) is 0.643. The van der Waals surface area contributed by atoms with Crippen molar-refractivity contribution < 1.29 is 0 Å². The number of benzene rings is 3. The van der Waals surface area contributed by atoms with Gasteiger partial charge < -0.3 is 0 Å². The molecule has 132 valence electrons. The monoisotopic (exact) mass is 371 g/mol. The summed E-state index contributed by atoms with van der Waals surface area (Å²) in [6.45, 7) is 1.86. The Morgan fingerprint density at radius 3 is 1.89 bits per heavy atom. The Morgan fingerprint density at radius 1 is 0.741 bits per heavy atom. The normalized spacial score (nSPS) is 10.7. The van der Waals surface area contributed by atoms with Crippen molar-refractivity contribution in [2.75, 3.05) is 0 Å². The Morgan fingerprint density at radius 2 is 1.30 bits per heavy atom. The fourth-order valence-corrected chi connectivity index (χ4v) is 3.43. The second-order valence-corrected chi connectivity index (χ2v) is 6.88. The van der Waals surface area contributed by atoms with Crippen LogP contribution in [0.15, 0.2) is 95.8 Å². The van der Waals surface area contributed by atoms with Crippen molar-refractivity contribution in [1.82, 2.24) is 4.57 Å². The SMILES string of the molecule is Cc1cc(-c2ccccc2)c(-c2ccccc2)n(-c2ccc(Cl)cc2)c1=O. The van der Waals surface area contributed by atoms with Crippen LogP contribution in [0, 0.1) is 6.92 Å². The molecule has 0 aliphatic heterocycles. The number of aromatic nitrogens is 1. The molecule has 27 heavy (non-hydrogen) atoms. The first kappa shape index (κ1) is 17.3. The van der Waals surface area contributed by atoms with Crippen molar-refractivity contribution in [2.24, 2.45) is 0 Å². The summed E-state index contributed by atoms with van der Waals surface area (Å²) < 4.78 is 1.78. The number of pyridine rings is 1. The predicted octanol–water partition coefficient (Wildman–Crippen LogP) is 6.13. The van der Waals surface area contributed by atoms with Gasteiger partial charge in [0.25, 0.3) is 5.56 Å². The molecule has 0 unspecified atom stereocenters. The van der Waals surface area contributed by atoms with Crippen molar-refractivity contribution in [3.63, 3.8) is 0 Å². The van der Waals surface area contributed by atoms with E-state index in [0.717, 1.165) is 28.1 Å². The lowest BCUT2D eigenvalue weighted by Gasteiger charge is -2.19. The minimum absolute atomic E-state index is 0.0316. The minimum atomic E-state index is -0.0316. The van der Waals surface area contributed by atoms with Gasteiger partial charge in [-0.3, -0.25) is 9.36 Å². The van der Waals surface area contributed by atoms with Crippen molar-refractivity contribution >= 4 is 11.6 Å². The summed E-state index contributed by atoms with van der Waals surface area (Å²) in [6, 6.07) is 29.5. The molecular formula is C24H18ClNO. The van der Waals surface area contributed by atoms with Crippen LogP contribution in [-0.2, 0) is 0 Å². The molecule has 0 aliphatic rings. The molecule has 2 nitrogen and oxygen atoms in total. The number of nitrogens with zero attached hydrogens (tertiary/aromatic N) is 1. The molecule has 0 atom stereocenters. The van der Waals surface area contributed by atoms with Crippen LogP contribution in [-0.4, -0.2) is 4.57 Å². The van der Waals surface area contributed by atoms with E-state index in [-0.39, 0.29) is 5.56 Å². The molecule has 4 rings (SSSR count). The van der Waals surface area contributed by atoms with Gasteiger partial charge in [0.1, 0.15) is 0 Å². The van der Waals surface area contributed by atoms with Crippen LogP contribution in [0.2, 0.25) is 5.02 Å². The highest BCUT2D eigenvalue weighted by atomic mass is 35.5.